The zero-order chi connectivity index (χ0) is 9.97. The Morgan fingerprint density at radius 1 is 1.50 bits per heavy atom. The standard InChI is InChI=1S/C11H14ClNS/c1-8-5-11(7-14-8)13-10-4-2-3-9(12)6-10/h2-4,6,8,11,13H,5,7H2,1H3. The van der Waals surface area contributed by atoms with Crippen molar-refractivity contribution in [3.63, 3.8) is 0 Å². The van der Waals surface area contributed by atoms with Gasteiger partial charge in [0.1, 0.15) is 0 Å². The molecule has 2 atom stereocenters. The lowest BCUT2D eigenvalue weighted by Gasteiger charge is -2.13. The van der Waals surface area contributed by atoms with E-state index in [-0.39, 0.29) is 0 Å². The second-order valence-electron chi connectivity index (χ2n) is 3.73. The number of benzene rings is 1. The quantitative estimate of drug-likeness (QED) is 0.828. The van der Waals surface area contributed by atoms with Gasteiger partial charge in [-0.15, -0.1) is 0 Å². The summed E-state index contributed by atoms with van der Waals surface area (Å²) in [5.41, 5.74) is 1.14. The Balaban J connectivity index is 1.97. The summed E-state index contributed by atoms with van der Waals surface area (Å²) in [6.07, 6.45) is 1.25. The van der Waals surface area contributed by atoms with Gasteiger partial charge in [0.25, 0.3) is 0 Å². The average Bonchev–Trinajstić information content (AvgIpc) is 2.51. The summed E-state index contributed by atoms with van der Waals surface area (Å²) in [4.78, 5) is 0. The second kappa shape index (κ2) is 4.45. The molecule has 1 fully saturated rings. The van der Waals surface area contributed by atoms with Gasteiger partial charge in [0.05, 0.1) is 0 Å². The summed E-state index contributed by atoms with van der Waals surface area (Å²) in [6, 6.07) is 8.54. The van der Waals surface area contributed by atoms with Gasteiger partial charge in [0, 0.05) is 27.8 Å². The van der Waals surface area contributed by atoms with Crippen LogP contribution in [0.15, 0.2) is 24.3 Å². The summed E-state index contributed by atoms with van der Waals surface area (Å²) >= 11 is 7.95. The first-order valence-electron chi connectivity index (χ1n) is 4.88. The summed E-state index contributed by atoms with van der Waals surface area (Å²) in [6.45, 7) is 2.28. The molecule has 1 nitrogen and oxygen atoms in total. The van der Waals surface area contributed by atoms with E-state index in [2.05, 4.69) is 18.3 Å². The Hall–Kier alpha value is -0.340. The van der Waals surface area contributed by atoms with E-state index in [1.54, 1.807) is 0 Å². The van der Waals surface area contributed by atoms with Crippen LogP contribution in [0.1, 0.15) is 13.3 Å². The van der Waals surface area contributed by atoms with Gasteiger partial charge in [-0.1, -0.05) is 24.6 Å². The molecule has 1 aliphatic rings. The van der Waals surface area contributed by atoms with Gasteiger partial charge in [-0.05, 0) is 24.6 Å². The maximum absolute atomic E-state index is 5.91. The number of hydrogen-bond donors (Lipinski definition) is 1. The van der Waals surface area contributed by atoms with Crippen molar-refractivity contribution in [3.05, 3.63) is 29.3 Å². The van der Waals surface area contributed by atoms with E-state index in [1.807, 2.05) is 30.0 Å². The molecule has 0 aliphatic carbocycles. The van der Waals surface area contributed by atoms with Crippen molar-refractivity contribution in [1.29, 1.82) is 0 Å². The van der Waals surface area contributed by atoms with Crippen LogP contribution in [0.5, 0.6) is 0 Å². The Bertz CT molecular complexity index is 316. The lowest BCUT2D eigenvalue weighted by molar-refractivity contribution is 0.747. The largest absolute Gasteiger partial charge is 0.381 e. The van der Waals surface area contributed by atoms with Crippen LogP contribution in [0.2, 0.25) is 5.02 Å². The van der Waals surface area contributed by atoms with Crippen LogP contribution in [-0.2, 0) is 0 Å². The molecular formula is C11H14ClNS. The smallest absolute Gasteiger partial charge is 0.0426 e. The van der Waals surface area contributed by atoms with E-state index in [0.717, 1.165) is 16.0 Å². The van der Waals surface area contributed by atoms with Crippen LogP contribution in [0.4, 0.5) is 5.69 Å². The maximum atomic E-state index is 5.91. The molecule has 1 aromatic carbocycles. The molecule has 3 heteroatoms. The first-order chi connectivity index (χ1) is 6.74. The molecule has 2 rings (SSSR count). The van der Waals surface area contributed by atoms with Crippen molar-refractivity contribution in [2.75, 3.05) is 11.1 Å². The van der Waals surface area contributed by atoms with Crippen LogP contribution >= 0.6 is 23.4 Å². The van der Waals surface area contributed by atoms with E-state index in [4.69, 9.17) is 11.6 Å². The molecule has 1 N–H and O–H groups in total. The van der Waals surface area contributed by atoms with Gasteiger partial charge in [0.15, 0.2) is 0 Å². The molecule has 2 unspecified atom stereocenters. The van der Waals surface area contributed by atoms with Gasteiger partial charge in [0.2, 0.25) is 0 Å². The minimum Gasteiger partial charge on any atom is -0.381 e. The molecule has 14 heavy (non-hydrogen) atoms. The molecule has 0 radical (unpaired) electrons. The van der Waals surface area contributed by atoms with E-state index in [1.165, 1.54) is 12.2 Å². The van der Waals surface area contributed by atoms with Gasteiger partial charge < -0.3 is 5.32 Å². The van der Waals surface area contributed by atoms with Crippen molar-refractivity contribution in [3.8, 4) is 0 Å². The fraction of sp³-hybridized carbons (Fsp3) is 0.455. The molecule has 76 valence electrons. The fourth-order valence-electron chi connectivity index (χ4n) is 1.73. The third kappa shape index (κ3) is 2.58. The molecule has 1 aliphatic heterocycles. The second-order valence-corrected chi connectivity index (χ2v) is 5.64. The fourth-order valence-corrected chi connectivity index (χ4v) is 3.07. The zero-order valence-electron chi connectivity index (χ0n) is 8.16. The summed E-state index contributed by atoms with van der Waals surface area (Å²) in [7, 11) is 0. The minimum atomic E-state index is 0.605. The molecule has 0 spiro atoms. The van der Waals surface area contributed by atoms with E-state index < -0.39 is 0 Å². The number of hydrogen-bond acceptors (Lipinski definition) is 2. The number of rotatable bonds is 2. The van der Waals surface area contributed by atoms with Gasteiger partial charge >= 0.3 is 0 Å². The molecule has 0 saturated carbocycles. The highest BCUT2D eigenvalue weighted by Crippen LogP contribution is 2.28. The summed E-state index contributed by atoms with van der Waals surface area (Å²) < 4.78 is 0. The summed E-state index contributed by atoms with van der Waals surface area (Å²) in [5, 5.41) is 5.09. The first-order valence-corrected chi connectivity index (χ1v) is 6.30. The molecule has 1 heterocycles. The maximum Gasteiger partial charge on any atom is 0.0426 e. The predicted octanol–water partition coefficient (Wildman–Crippen LogP) is 3.65. The van der Waals surface area contributed by atoms with Gasteiger partial charge in [-0.3, -0.25) is 0 Å². The van der Waals surface area contributed by atoms with Gasteiger partial charge in [-0.25, -0.2) is 0 Å². The Kier molecular flexibility index (Phi) is 3.24. The molecular weight excluding hydrogens is 214 g/mol. The SMILES string of the molecule is CC1CC(Nc2cccc(Cl)c2)CS1. The highest BCUT2D eigenvalue weighted by molar-refractivity contribution is 8.00. The Morgan fingerprint density at radius 3 is 3.00 bits per heavy atom. The highest BCUT2D eigenvalue weighted by atomic mass is 35.5. The third-order valence-electron chi connectivity index (χ3n) is 2.39. The molecule has 1 saturated heterocycles. The van der Waals surface area contributed by atoms with Crippen molar-refractivity contribution in [2.45, 2.75) is 24.6 Å². The van der Waals surface area contributed by atoms with Crippen LogP contribution in [-0.4, -0.2) is 17.0 Å². The number of thioether (sulfide) groups is 1. The highest BCUT2D eigenvalue weighted by Gasteiger charge is 2.21. The molecule has 0 bridgehead atoms. The van der Waals surface area contributed by atoms with Crippen molar-refractivity contribution < 1.29 is 0 Å². The molecule has 0 aromatic heterocycles. The average molecular weight is 228 g/mol. The lowest BCUT2D eigenvalue weighted by Crippen LogP contribution is -2.18. The molecule has 0 amide bonds. The van der Waals surface area contributed by atoms with Crippen LogP contribution < -0.4 is 5.32 Å². The third-order valence-corrected chi connectivity index (χ3v) is 3.99. The van der Waals surface area contributed by atoms with Crippen molar-refractivity contribution >= 4 is 29.1 Å². The Morgan fingerprint density at radius 2 is 2.36 bits per heavy atom. The topological polar surface area (TPSA) is 12.0 Å². The lowest BCUT2D eigenvalue weighted by atomic mass is 10.2. The Labute approximate surface area is 94.2 Å². The van der Waals surface area contributed by atoms with Gasteiger partial charge in [-0.2, -0.15) is 11.8 Å². The van der Waals surface area contributed by atoms with E-state index >= 15 is 0 Å². The van der Waals surface area contributed by atoms with E-state index in [9.17, 15) is 0 Å². The zero-order valence-corrected chi connectivity index (χ0v) is 9.74. The summed E-state index contributed by atoms with van der Waals surface area (Å²) in [5.74, 6) is 1.20. The van der Waals surface area contributed by atoms with E-state index in [0.29, 0.717) is 6.04 Å². The number of nitrogens with one attached hydrogen (secondary N) is 1. The first kappa shape index (κ1) is 10.2. The minimum absolute atomic E-state index is 0.605. The van der Waals surface area contributed by atoms with Crippen LogP contribution in [0, 0.1) is 0 Å². The number of anilines is 1. The molecule has 1 aromatic rings. The predicted molar refractivity (Wildman–Crippen MR) is 65.4 cm³/mol. The van der Waals surface area contributed by atoms with Crippen molar-refractivity contribution in [1.82, 2.24) is 0 Å². The van der Waals surface area contributed by atoms with Crippen molar-refractivity contribution in [2.24, 2.45) is 0 Å². The van der Waals surface area contributed by atoms with Crippen LogP contribution in [0.25, 0.3) is 0 Å². The number of halogens is 1. The normalized spacial score (nSPS) is 26.4. The van der Waals surface area contributed by atoms with Crippen LogP contribution in [0.3, 0.4) is 0 Å². The monoisotopic (exact) mass is 227 g/mol.